The molecule has 1 heterocycles. The van der Waals surface area contributed by atoms with Gasteiger partial charge in [-0.2, -0.15) is 0 Å². The largest absolute Gasteiger partial charge is 0.504 e. The molecule has 0 spiro atoms. The summed E-state index contributed by atoms with van der Waals surface area (Å²) in [6, 6.07) is 10.5. The zero-order chi connectivity index (χ0) is 18.7. The predicted octanol–water partition coefficient (Wildman–Crippen LogP) is 4.10. The number of phenolic OH excluding ortho intramolecular Hbond substituents is 1. The molecule has 0 saturated heterocycles. The Morgan fingerprint density at radius 3 is 2.85 bits per heavy atom. The summed E-state index contributed by atoms with van der Waals surface area (Å²) in [5, 5.41) is 28.4. The maximum Gasteiger partial charge on any atom is 0.270 e. The number of rotatable bonds is 5. The molecule has 26 heavy (non-hydrogen) atoms. The van der Waals surface area contributed by atoms with Gasteiger partial charge < -0.3 is 14.3 Å². The van der Waals surface area contributed by atoms with Crippen LogP contribution in [0.15, 0.2) is 46.9 Å². The van der Waals surface area contributed by atoms with E-state index < -0.39 is 4.92 Å². The first-order valence-electron chi connectivity index (χ1n) is 7.31. The molecular formula is C17H12ClN3O5. The fourth-order valence-electron chi connectivity index (χ4n) is 2.18. The van der Waals surface area contributed by atoms with Crippen LogP contribution in [0.1, 0.15) is 11.5 Å². The minimum absolute atomic E-state index is 0.00604. The molecule has 0 saturated carbocycles. The number of aromatic hydroxyl groups is 1. The van der Waals surface area contributed by atoms with Crippen molar-refractivity contribution in [3.63, 3.8) is 0 Å². The lowest BCUT2D eigenvalue weighted by molar-refractivity contribution is -0.384. The SMILES string of the molecule is COc1cc(/C=C(\Cl)c2nnc(-c3cccc([N+](=O)[O-])c3)o2)ccc1O. The summed E-state index contributed by atoms with van der Waals surface area (Å²) < 4.78 is 10.5. The Labute approximate surface area is 152 Å². The summed E-state index contributed by atoms with van der Waals surface area (Å²) in [5.74, 6) is 0.469. The number of non-ortho nitro benzene ring substituents is 1. The molecule has 0 aliphatic carbocycles. The monoisotopic (exact) mass is 373 g/mol. The van der Waals surface area contributed by atoms with Crippen molar-refractivity contribution in [3.8, 4) is 23.0 Å². The molecule has 132 valence electrons. The maximum atomic E-state index is 10.9. The average Bonchev–Trinajstić information content (AvgIpc) is 3.13. The number of hydrogen-bond acceptors (Lipinski definition) is 7. The zero-order valence-electron chi connectivity index (χ0n) is 13.4. The third-order valence-electron chi connectivity index (χ3n) is 3.43. The van der Waals surface area contributed by atoms with Gasteiger partial charge in [-0.3, -0.25) is 10.1 Å². The molecule has 0 aliphatic heterocycles. The summed E-state index contributed by atoms with van der Waals surface area (Å²) >= 11 is 6.21. The minimum Gasteiger partial charge on any atom is -0.504 e. The smallest absolute Gasteiger partial charge is 0.270 e. The van der Waals surface area contributed by atoms with E-state index in [4.69, 9.17) is 20.8 Å². The maximum absolute atomic E-state index is 10.9. The number of hydrogen-bond donors (Lipinski definition) is 1. The first-order chi connectivity index (χ1) is 12.5. The second-order valence-electron chi connectivity index (χ2n) is 5.14. The molecule has 0 atom stereocenters. The summed E-state index contributed by atoms with van der Waals surface area (Å²) in [5.41, 5.74) is 0.980. The van der Waals surface area contributed by atoms with Gasteiger partial charge in [0.2, 0.25) is 5.89 Å². The first kappa shape index (κ1) is 17.4. The Balaban J connectivity index is 1.89. The van der Waals surface area contributed by atoms with E-state index in [0.29, 0.717) is 16.9 Å². The molecule has 0 fully saturated rings. The first-order valence-corrected chi connectivity index (χ1v) is 7.68. The van der Waals surface area contributed by atoms with Gasteiger partial charge in [0, 0.05) is 17.7 Å². The van der Waals surface area contributed by atoms with Crippen molar-refractivity contribution in [2.75, 3.05) is 7.11 Å². The van der Waals surface area contributed by atoms with Crippen LogP contribution < -0.4 is 4.74 Å². The lowest BCUT2D eigenvalue weighted by Crippen LogP contribution is -1.88. The third-order valence-corrected chi connectivity index (χ3v) is 3.70. The molecule has 0 unspecified atom stereocenters. The van der Waals surface area contributed by atoms with Gasteiger partial charge in [-0.25, -0.2) is 0 Å². The van der Waals surface area contributed by atoms with Crippen molar-refractivity contribution >= 4 is 28.4 Å². The summed E-state index contributed by atoms with van der Waals surface area (Å²) in [6.45, 7) is 0. The molecule has 3 rings (SSSR count). The van der Waals surface area contributed by atoms with Crippen LogP contribution in [0.25, 0.3) is 22.6 Å². The van der Waals surface area contributed by atoms with Crippen LogP contribution in [0.4, 0.5) is 5.69 Å². The Hall–Kier alpha value is -3.39. The Bertz CT molecular complexity index is 1000. The predicted molar refractivity (Wildman–Crippen MR) is 94.8 cm³/mol. The van der Waals surface area contributed by atoms with Gasteiger partial charge in [-0.05, 0) is 29.8 Å². The van der Waals surface area contributed by atoms with E-state index in [1.54, 1.807) is 24.3 Å². The lowest BCUT2D eigenvalue weighted by atomic mass is 10.2. The highest BCUT2D eigenvalue weighted by molar-refractivity contribution is 6.50. The van der Waals surface area contributed by atoms with Gasteiger partial charge in [0.1, 0.15) is 5.03 Å². The average molecular weight is 374 g/mol. The number of phenols is 1. The van der Waals surface area contributed by atoms with Crippen LogP contribution in [0, 0.1) is 10.1 Å². The molecule has 1 aromatic heterocycles. The molecule has 0 bridgehead atoms. The van der Waals surface area contributed by atoms with Crippen molar-refractivity contribution in [3.05, 3.63) is 64.0 Å². The number of halogens is 1. The van der Waals surface area contributed by atoms with Crippen molar-refractivity contribution in [1.82, 2.24) is 10.2 Å². The Kier molecular flexibility index (Phi) is 4.85. The molecule has 9 heteroatoms. The number of aromatic nitrogens is 2. The Morgan fingerprint density at radius 1 is 1.31 bits per heavy atom. The highest BCUT2D eigenvalue weighted by atomic mass is 35.5. The minimum atomic E-state index is -0.508. The van der Waals surface area contributed by atoms with Gasteiger partial charge in [-0.15, -0.1) is 10.2 Å². The second kappa shape index (κ2) is 7.24. The summed E-state index contributed by atoms with van der Waals surface area (Å²) in [6.07, 6.45) is 1.56. The van der Waals surface area contributed by atoms with Crippen molar-refractivity contribution < 1.29 is 19.2 Å². The van der Waals surface area contributed by atoms with Gasteiger partial charge in [0.05, 0.1) is 12.0 Å². The molecule has 0 aliphatic rings. The van der Waals surface area contributed by atoms with Gasteiger partial charge in [-0.1, -0.05) is 23.7 Å². The molecule has 8 nitrogen and oxygen atoms in total. The quantitative estimate of drug-likeness (QED) is 0.529. The number of nitro groups is 1. The van der Waals surface area contributed by atoms with E-state index in [1.807, 2.05) is 0 Å². The number of nitro benzene ring substituents is 1. The number of methoxy groups -OCH3 is 1. The van der Waals surface area contributed by atoms with E-state index in [1.165, 1.54) is 31.4 Å². The third kappa shape index (κ3) is 3.65. The van der Waals surface area contributed by atoms with Crippen LogP contribution >= 0.6 is 11.6 Å². The molecule has 0 radical (unpaired) electrons. The lowest BCUT2D eigenvalue weighted by Gasteiger charge is -2.03. The fraction of sp³-hybridized carbons (Fsp3) is 0.0588. The summed E-state index contributed by atoms with van der Waals surface area (Å²) in [4.78, 5) is 10.3. The number of nitrogens with zero attached hydrogens (tertiary/aromatic N) is 3. The van der Waals surface area contributed by atoms with Crippen LogP contribution in [-0.2, 0) is 0 Å². The van der Waals surface area contributed by atoms with Crippen molar-refractivity contribution in [2.24, 2.45) is 0 Å². The van der Waals surface area contributed by atoms with Gasteiger partial charge >= 0.3 is 0 Å². The van der Waals surface area contributed by atoms with Crippen molar-refractivity contribution in [2.45, 2.75) is 0 Å². The van der Waals surface area contributed by atoms with E-state index in [9.17, 15) is 15.2 Å². The number of ether oxygens (including phenoxy) is 1. The normalized spacial score (nSPS) is 11.4. The summed E-state index contributed by atoms with van der Waals surface area (Å²) in [7, 11) is 1.44. The molecular weight excluding hydrogens is 362 g/mol. The second-order valence-corrected chi connectivity index (χ2v) is 5.55. The standard InChI is InChI=1S/C17H12ClN3O5/c1-25-15-8-10(5-6-14(15)22)7-13(18)17-20-19-16(26-17)11-3-2-4-12(9-11)21(23)24/h2-9,22H,1H3/b13-7-. The van der Waals surface area contributed by atoms with E-state index in [2.05, 4.69) is 10.2 Å². The zero-order valence-corrected chi connectivity index (χ0v) is 14.2. The topological polar surface area (TPSA) is 112 Å². The van der Waals surface area contributed by atoms with E-state index in [-0.39, 0.29) is 28.3 Å². The van der Waals surface area contributed by atoms with Crippen LogP contribution in [0.5, 0.6) is 11.5 Å². The molecule has 1 N–H and O–H groups in total. The fourth-order valence-corrected chi connectivity index (χ4v) is 2.38. The van der Waals surface area contributed by atoms with Crippen molar-refractivity contribution in [1.29, 1.82) is 0 Å². The Morgan fingerprint density at radius 2 is 2.12 bits per heavy atom. The molecule has 0 amide bonds. The van der Waals surface area contributed by atoms with Crippen LogP contribution in [0.3, 0.4) is 0 Å². The van der Waals surface area contributed by atoms with Crippen LogP contribution in [0.2, 0.25) is 0 Å². The van der Waals surface area contributed by atoms with Crippen LogP contribution in [-0.4, -0.2) is 27.3 Å². The highest BCUT2D eigenvalue weighted by Gasteiger charge is 2.14. The molecule has 2 aromatic carbocycles. The molecule has 3 aromatic rings. The van der Waals surface area contributed by atoms with E-state index in [0.717, 1.165) is 0 Å². The number of benzene rings is 2. The van der Waals surface area contributed by atoms with E-state index >= 15 is 0 Å². The van der Waals surface area contributed by atoms with Gasteiger partial charge in [0.25, 0.3) is 11.6 Å². The highest BCUT2D eigenvalue weighted by Crippen LogP contribution is 2.30. The van der Waals surface area contributed by atoms with Gasteiger partial charge in [0.15, 0.2) is 11.5 Å².